The second kappa shape index (κ2) is 11.7. The van der Waals surface area contributed by atoms with Crippen molar-refractivity contribution in [3.63, 3.8) is 0 Å². The molecular formula is C32H39F3N4O3. The van der Waals surface area contributed by atoms with Crippen molar-refractivity contribution in [2.45, 2.75) is 82.1 Å². The summed E-state index contributed by atoms with van der Waals surface area (Å²) >= 11 is 0. The highest BCUT2D eigenvalue weighted by molar-refractivity contribution is 6.08. The van der Waals surface area contributed by atoms with Crippen molar-refractivity contribution < 1.29 is 27.6 Å². The number of halogens is 3. The molecule has 42 heavy (non-hydrogen) atoms. The minimum atomic E-state index is -4.58. The van der Waals surface area contributed by atoms with Crippen molar-refractivity contribution in [1.82, 2.24) is 15.5 Å². The van der Waals surface area contributed by atoms with Crippen LogP contribution in [-0.2, 0) is 32.4 Å². The Hall–Kier alpha value is -3.40. The number of nitrogens with one attached hydrogen (secondary N) is 2. The molecule has 5 rings (SSSR count). The molecule has 1 unspecified atom stereocenters. The van der Waals surface area contributed by atoms with E-state index >= 15 is 0 Å². The zero-order valence-electron chi connectivity index (χ0n) is 24.3. The molecule has 1 saturated carbocycles. The van der Waals surface area contributed by atoms with E-state index in [0.29, 0.717) is 38.8 Å². The molecule has 226 valence electrons. The third-order valence-electron chi connectivity index (χ3n) is 9.30. The Morgan fingerprint density at radius 2 is 1.67 bits per heavy atom. The van der Waals surface area contributed by atoms with Gasteiger partial charge in [0.15, 0.2) is 0 Å². The molecule has 3 amide bonds. The summed E-state index contributed by atoms with van der Waals surface area (Å²) in [6.07, 6.45) is -1.66. The van der Waals surface area contributed by atoms with Crippen LogP contribution in [0.3, 0.4) is 0 Å². The van der Waals surface area contributed by atoms with Crippen LogP contribution in [0.1, 0.15) is 62.6 Å². The summed E-state index contributed by atoms with van der Waals surface area (Å²) in [6, 6.07) is 11.9. The van der Waals surface area contributed by atoms with Gasteiger partial charge in [0.1, 0.15) is 6.04 Å². The number of benzene rings is 2. The van der Waals surface area contributed by atoms with Crippen LogP contribution >= 0.6 is 0 Å². The Bertz CT molecular complexity index is 1340. The number of anilines is 1. The van der Waals surface area contributed by atoms with Crippen molar-refractivity contribution >= 4 is 23.4 Å². The number of para-hydroxylation sites is 1. The first-order valence-electron chi connectivity index (χ1n) is 14.8. The average Bonchev–Trinajstić information content (AvgIpc) is 3.53. The number of carbonyl (C=O) groups excluding carboxylic acids is 3. The van der Waals surface area contributed by atoms with Gasteiger partial charge in [-0.05, 0) is 76.3 Å². The van der Waals surface area contributed by atoms with Gasteiger partial charge in [-0.3, -0.25) is 14.4 Å². The lowest BCUT2D eigenvalue weighted by Crippen LogP contribution is -2.55. The lowest BCUT2D eigenvalue weighted by molar-refractivity contribution is -0.140. The number of likely N-dealkylation sites (tertiary alicyclic amines) is 1. The number of carbonyl (C=O) groups is 3. The van der Waals surface area contributed by atoms with Crippen molar-refractivity contribution in [3.8, 4) is 0 Å². The van der Waals surface area contributed by atoms with E-state index in [0.717, 1.165) is 23.7 Å². The van der Waals surface area contributed by atoms with Gasteiger partial charge in [0, 0.05) is 43.2 Å². The average molecular weight is 585 g/mol. The first kappa shape index (κ1) is 30.1. The largest absolute Gasteiger partial charge is 0.416 e. The molecule has 1 saturated heterocycles. The molecule has 7 nitrogen and oxygen atoms in total. The highest BCUT2D eigenvalue weighted by atomic mass is 19.4. The lowest BCUT2D eigenvalue weighted by atomic mass is 9.86. The molecule has 0 bridgehead atoms. The molecule has 1 aliphatic carbocycles. The van der Waals surface area contributed by atoms with Gasteiger partial charge in [-0.2, -0.15) is 13.2 Å². The van der Waals surface area contributed by atoms with E-state index < -0.39 is 29.1 Å². The van der Waals surface area contributed by atoms with Gasteiger partial charge >= 0.3 is 6.18 Å². The second-order valence-corrected chi connectivity index (χ2v) is 12.3. The van der Waals surface area contributed by atoms with Crippen LogP contribution in [0.15, 0.2) is 48.5 Å². The van der Waals surface area contributed by atoms with Gasteiger partial charge in [-0.15, -0.1) is 0 Å². The van der Waals surface area contributed by atoms with Crippen LogP contribution in [0.5, 0.6) is 0 Å². The number of alkyl halides is 3. The van der Waals surface area contributed by atoms with Crippen molar-refractivity contribution in [2.75, 3.05) is 25.0 Å². The predicted molar refractivity (Wildman–Crippen MR) is 154 cm³/mol. The molecule has 0 spiro atoms. The van der Waals surface area contributed by atoms with Crippen LogP contribution in [-0.4, -0.2) is 60.9 Å². The number of rotatable bonds is 7. The number of amides is 3. The fraction of sp³-hybridized carbons (Fsp3) is 0.531. The van der Waals surface area contributed by atoms with E-state index in [1.165, 1.54) is 18.2 Å². The molecule has 2 heterocycles. The Morgan fingerprint density at radius 3 is 2.33 bits per heavy atom. The molecular weight excluding hydrogens is 545 g/mol. The standard InChI is InChI=1S/C32H39F3N4O3/c1-31(2)25-10-6-7-11-27(25)39(30(31)42)23-14-16-38(17-15-23)29(41)26(37-28(40)21-12-13-22(18-21)36-3)19-20-8-4-5-9-24(20)32(33,34)35/h4-11,21-23,26,36H,12-19H2,1-3H3,(H,37,40)/t21-,22+,26?/m0/s1. The van der Waals surface area contributed by atoms with Gasteiger partial charge in [0.2, 0.25) is 17.7 Å². The van der Waals surface area contributed by atoms with Gasteiger partial charge in [-0.1, -0.05) is 36.4 Å². The van der Waals surface area contributed by atoms with Gasteiger partial charge in [-0.25, -0.2) is 0 Å². The predicted octanol–water partition coefficient (Wildman–Crippen LogP) is 4.44. The molecule has 0 aromatic heterocycles. The minimum absolute atomic E-state index is 0.0267. The maximum Gasteiger partial charge on any atom is 0.416 e. The molecule has 2 N–H and O–H groups in total. The Morgan fingerprint density at radius 1 is 1.00 bits per heavy atom. The van der Waals surface area contributed by atoms with Gasteiger partial charge in [0.25, 0.3) is 0 Å². The summed E-state index contributed by atoms with van der Waals surface area (Å²) in [7, 11) is 1.84. The molecule has 2 fully saturated rings. The lowest BCUT2D eigenvalue weighted by Gasteiger charge is -2.39. The summed E-state index contributed by atoms with van der Waals surface area (Å²) < 4.78 is 41.4. The third kappa shape index (κ3) is 5.78. The Labute approximate surface area is 244 Å². The molecule has 10 heteroatoms. The summed E-state index contributed by atoms with van der Waals surface area (Å²) in [6.45, 7) is 4.52. The summed E-state index contributed by atoms with van der Waals surface area (Å²) in [5.41, 5.74) is 0.395. The van der Waals surface area contributed by atoms with Crippen LogP contribution in [0.2, 0.25) is 0 Å². The topological polar surface area (TPSA) is 81.8 Å². The van der Waals surface area contributed by atoms with Crippen LogP contribution in [0.4, 0.5) is 18.9 Å². The third-order valence-corrected chi connectivity index (χ3v) is 9.30. The summed E-state index contributed by atoms with van der Waals surface area (Å²) in [5.74, 6) is -0.966. The Kier molecular flexibility index (Phi) is 8.38. The SMILES string of the molecule is CN[C@@H]1CC[C@H](C(=O)NC(Cc2ccccc2C(F)(F)F)C(=O)N2CCC(N3C(=O)C(C)(C)c4ccccc43)CC2)C1. The quantitative estimate of drug-likeness (QED) is 0.505. The first-order chi connectivity index (χ1) is 19.9. The van der Waals surface area contributed by atoms with Crippen molar-refractivity contribution in [1.29, 1.82) is 0 Å². The minimum Gasteiger partial charge on any atom is -0.344 e. The highest BCUT2D eigenvalue weighted by Gasteiger charge is 2.47. The number of nitrogens with zero attached hydrogens (tertiary/aromatic N) is 2. The maximum absolute atomic E-state index is 13.9. The molecule has 2 aromatic carbocycles. The van der Waals surface area contributed by atoms with Crippen LogP contribution in [0.25, 0.3) is 0 Å². The molecule has 3 atom stereocenters. The van der Waals surface area contributed by atoms with E-state index in [1.54, 1.807) is 4.90 Å². The zero-order chi connectivity index (χ0) is 30.2. The van der Waals surface area contributed by atoms with E-state index in [9.17, 15) is 27.6 Å². The normalized spacial score (nSPS) is 23.1. The summed E-state index contributed by atoms with van der Waals surface area (Å²) in [5, 5.41) is 6.01. The zero-order valence-corrected chi connectivity index (χ0v) is 24.3. The smallest absolute Gasteiger partial charge is 0.344 e. The number of hydrogen-bond acceptors (Lipinski definition) is 4. The second-order valence-electron chi connectivity index (χ2n) is 12.3. The van der Waals surface area contributed by atoms with Gasteiger partial charge in [0.05, 0.1) is 11.0 Å². The number of hydrogen-bond donors (Lipinski definition) is 2. The van der Waals surface area contributed by atoms with Crippen molar-refractivity contribution in [2.24, 2.45) is 5.92 Å². The fourth-order valence-corrected chi connectivity index (χ4v) is 6.83. The first-order valence-corrected chi connectivity index (χ1v) is 14.8. The summed E-state index contributed by atoms with van der Waals surface area (Å²) in [4.78, 5) is 44.0. The van der Waals surface area contributed by atoms with E-state index in [-0.39, 0.29) is 41.8 Å². The number of fused-ring (bicyclic) bond motifs is 1. The highest BCUT2D eigenvalue weighted by Crippen LogP contribution is 2.43. The molecule has 0 radical (unpaired) electrons. The van der Waals surface area contributed by atoms with Crippen molar-refractivity contribution in [3.05, 3.63) is 65.2 Å². The van der Waals surface area contributed by atoms with E-state index in [4.69, 9.17) is 0 Å². The van der Waals surface area contributed by atoms with Crippen LogP contribution in [0, 0.1) is 5.92 Å². The van der Waals surface area contributed by atoms with Crippen LogP contribution < -0.4 is 15.5 Å². The molecule has 2 aromatic rings. The molecule has 3 aliphatic rings. The Balaban J connectivity index is 1.33. The fourth-order valence-electron chi connectivity index (χ4n) is 6.83. The maximum atomic E-state index is 13.9. The molecule has 2 aliphatic heterocycles. The van der Waals surface area contributed by atoms with Gasteiger partial charge < -0.3 is 20.4 Å². The van der Waals surface area contributed by atoms with E-state index in [2.05, 4.69) is 10.6 Å². The monoisotopic (exact) mass is 584 g/mol. The number of piperidine rings is 1. The van der Waals surface area contributed by atoms with E-state index in [1.807, 2.05) is 50.1 Å².